The molecule has 3 aliphatic rings. The molecule has 0 saturated carbocycles. The molecule has 3 aliphatic heterocycles. The van der Waals surface area contributed by atoms with Gasteiger partial charge < -0.3 is 0 Å². The molecule has 0 aromatic carbocycles. The van der Waals surface area contributed by atoms with Crippen molar-refractivity contribution in [2.24, 2.45) is 0 Å². The summed E-state index contributed by atoms with van der Waals surface area (Å²) in [6.07, 6.45) is 0. The fourth-order valence-corrected chi connectivity index (χ4v) is 15.2. The van der Waals surface area contributed by atoms with Crippen LogP contribution in [0.3, 0.4) is 0 Å². The van der Waals surface area contributed by atoms with Gasteiger partial charge in [-0.25, -0.2) is 0 Å². The van der Waals surface area contributed by atoms with E-state index in [1.807, 2.05) is 0 Å². The summed E-state index contributed by atoms with van der Waals surface area (Å²) >= 11 is 6.56. The molecule has 0 aromatic rings. The van der Waals surface area contributed by atoms with Crippen molar-refractivity contribution in [1.82, 2.24) is 0 Å². The minimum atomic E-state index is 1.06. The molecule has 3 saturated heterocycles. The van der Waals surface area contributed by atoms with E-state index in [-0.39, 0.29) is 0 Å². The van der Waals surface area contributed by atoms with E-state index in [0.717, 1.165) is 40.4 Å². The molecule has 3 fully saturated rings. The first kappa shape index (κ1) is 8.08. The van der Waals surface area contributed by atoms with Crippen molar-refractivity contribution in [1.29, 1.82) is 0 Å². The molecule has 4 atom stereocenters. The topological polar surface area (TPSA) is 0 Å². The molecule has 4 unspecified atom stereocenters. The molecule has 0 N–H and O–H groups in total. The van der Waals surface area contributed by atoms with Gasteiger partial charge in [-0.2, -0.15) is 0 Å². The number of hydrogen-bond acceptors (Lipinski definition) is 2. The maximum atomic E-state index is 2.22. The first-order valence-electron chi connectivity index (χ1n) is 3.94. The van der Waals surface area contributed by atoms with Gasteiger partial charge in [-0.15, -0.1) is 0 Å². The van der Waals surface area contributed by atoms with Crippen molar-refractivity contribution in [2.45, 2.75) is 24.4 Å². The normalized spacial score (nSPS) is 54.5. The second kappa shape index (κ2) is 3.15. The van der Waals surface area contributed by atoms with Crippen molar-refractivity contribution in [2.75, 3.05) is 11.5 Å². The second-order valence-corrected chi connectivity index (χ2v) is 12.5. The molecular formula is C7H10S2Se2. The summed E-state index contributed by atoms with van der Waals surface area (Å²) in [6.45, 7) is 0. The van der Waals surface area contributed by atoms with E-state index in [1.54, 1.807) is 5.32 Å². The predicted molar refractivity (Wildman–Crippen MR) is 56.3 cm³/mol. The van der Waals surface area contributed by atoms with E-state index in [2.05, 4.69) is 23.5 Å². The summed E-state index contributed by atoms with van der Waals surface area (Å²) in [7, 11) is 0. The summed E-state index contributed by atoms with van der Waals surface area (Å²) in [6, 6.07) is 0. The Balaban J connectivity index is 1.58. The summed E-state index contributed by atoms with van der Waals surface area (Å²) in [5.41, 5.74) is 0. The van der Waals surface area contributed by atoms with Crippen LogP contribution in [-0.2, 0) is 0 Å². The quantitative estimate of drug-likeness (QED) is 0.561. The first-order chi connectivity index (χ1) is 5.43. The Morgan fingerprint density at radius 1 is 1.09 bits per heavy atom. The van der Waals surface area contributed by atoms with Crippen molar-refractivity contribution < 1.29 is 0 Å². The monoisotopic (exact) mass is 318 g/mol. The third kappa shape index (κ3) is 1.82. The molecule has 62 valence electrons. The zero-order valence-electron chi connectivity index (χ0n) is 6.06. The Labute approximate surface area is 88.7 Å². The molecule has 3 rings (SSSR count). The van der Waals surface area contributed by atoms with Gasteiger partial charge in [0.1, 0.15) is 0 Å². The zero-order chi connectivity index (χ0) is 7.26. The molecule has 0 spiro atoms. The van der Waals surface area contributed by atoms with Crippen molar-refractivity contribution in [3.63, 3.8) is 0 Å². The van der Waals surface area contributed by atoms with Gasteiger partial charge in [-0.3, -0.25) is 0 Å². The molecule has 0 radical (unpaired) electrons. The van der Waals surface area contributed by atoms with Crippen LogP contribution in [-0.4, -0.2) is 51.9 Å². The van der Waals surface area contributed by atoms with Crippen LogP contribution in [0, 0.1) is 0 Å². The molecule has 4 heteroatoms. The van der Waals surface area contributed by atoms with Gasteiger partial charge >= 0.3 is 89.3 Å². The second-order valence-electron chi connectivity index (χ2n) is 3.12. The van der Waals surface area contributed by atoms with Gasteiger partial charge in [-0.1, -0.05) is 0 Å². The molecule has 11 heavy (non-hydrogen) atoms. The van der Waals surface area contributed by atoms with Gasteiger partial charge in [0.05, 0.1) is 0 Å². The van der Waals surface area contributed by atoms with Crippen LogP contribution >= 0.6 is 23.5 Å². The SMILES string of the molecule is C1SC1C1C[Se]C(C2CS2)[Se]1. The number of rotatable bonds is 2. The van der Waals surface area contributed by atoms with Crippen molar-refractivity contribution in [3.8, 4) is 0 Å². The van der Waals surface area contributed by atoms with Gasteiger partial charge in [0, 0.05) is 0 Å². The molecule has 0 aromatic heterocycles. The van der Waals surface area contributed by atoms with Crippen molar-refractivity contribution >= 4 is 53.4 Å². The van der Waals surface area contributed by atoms with E-state index in [1.165, 1.54) is 20.0 Å². The Morgan fingerprint density at radius 3 is 2.45 bits per heavy atom. The molecule has 0 bridgehead atoms. The van der Waals surface area contributed by atoms with Gasteiger partial charge in [0.25, 0.3) is 0 Å². The van der Waals surface area contributed by atoms with Crippen LogP contribution < -0.4 is 0 Å². The standard InChI is InChI=1S/C7H10S2Se2/c1-4(8-1)6-3-10-7(11-6)5-2-9-5/h4-7H,1-3H2. The average Bonchev–Trinajstić information content (AvgIpc) is 2.90. The van der Waals surface area contributed by atoms with E-state index in [4.69, 9.17) is 0 Å². The van der Waals surface area contributed by atoms with Crippen LogP contribution in [0.1, 0.15) is 0 Å². The van der Waals surface area contributed by atoms with Gasteiger partial charge in [-0.05, 0) is 0 Å². The van der Waals surface area contributed by atoms with Crippen molar-refractivity contribution in [3.05, 3.63) is 0 Å². The summed E-state index contributed by atoms with van der Waals surface area (Å²) in [5, 5.41) is 3.95. The van der Waals surface area contributed by atoms with Crippen LogP contribution in [0.5, 0.6) is 0 Å². The first-order valence-corrected chi connectivity index (χ1v) is 10.2. The number of hydrogen-bond donors (Lipinski definition) is 0. The molecule has 0 amide bonds. The number of thioether (sulfide) groups is 2. The third-order valence-electron chi connectivity index (χ3n) is 2.17. The van der Waals surface area contributed by atoms with E-state index < -0.39 is 0 Å². The fraction of sp³-hybridized carbons (Fsp3) is 1.00. The zero-order valence-corrected chi connectivity index (χ0v) is 11.1. The molecule has 0 nitrogen and oxygen atoms in total. The summed E-state index contributed by atoms with van der Waals surface area (Å²) in [5.74, 6) is 3.02. The van der Waals surface area contributed by atoms with Crippen LogP contribution in [0.4, 0.5) is 0 Å². The minimum absolute atomic E-state index is 1.06. The van der Waals surface area contributed by atoms with E-state index in [0.29, 0.717) is 0 Å². The fourth-order valence-electron chi connectivity index (χ4n) is 1.31. The Morgan fingerprint density at radius 2 is 1.82 bits per heavy atom. The van der Waals surface area contributed by atoms with Gasteiger partial charge in [0.15, 0.2) is 0 Å². The summed E-state index contributed by atoms with van der Waals surface area (Å²) < 4.78 is 1.26. The van der Waals surface area contributed by atoms with Gasteiger partial charge in [0.2, 0.25) is 0 Å². The van der Waals surface area contributed by atoms with Crippen LogP contribution in [0.2, 0.25) is 13.9 Å². The summed E-state index contributed by atoms with van der Waals surface area (Å²) in [4.78, 5) is 1.22. The Hall–Kier alpha value is 1.74. The average molecular weight is 316 g/mol. The molecule has 3 heterocycles. The molecule has 0 aliphatic carbocycles. The molecular weight excluding hydrogens is 306 g/mol. The van der Waals surface area contributed by atoms with Crippen LogP contribution in [0.25, 0.3) is 0 Å². The maximum absolute atomic E-state index is 2.22. The Bertz CT molecular complexity index is 150. The third-order valence-corrected chi connectivity index (χ3v) is 14.7. The Kier molecular flexibility index (Phi) is 2.31. The predicted octanol–water partition coefficient (Wildman–Crippen LogP) is 1.59. The van der Waals surface area contributed by atoms with E-state index >= 15 is 0 Å². The van der Waals surface area contributed by atoms with E-state index in [9.17, 15) is 0 Å². The van der Waals surface area contributed by atoms with Crippen LogP contribution in [0.15, 0.2) is 0 Å².